The Bertz CT molecular complexity index is 212. The van der Waals surface area contributed by atoms with Gasteiger partial charge in [0.15, 0.2) is 0 Å². The van der Waals surface area contributed by atoms with E-state index >= 15 is 0 Å². The topological polar surface area (TPSA) is 9.23 Å². The van der Waals surface area contributed by atoms with Crippen LogP contribution in [0.1, 0.15) is 84.5 Å². The van der Waals surface area contributed by atoms with E-state index in [1.807, 2.05) is 0 Å². The fourth-order valence-electron chi connectivity index (χ4n) is 2.72. The summed E-state index contributed by atoms with van der Waals surface area (Å²) >= 11 is 0. The van der Waals surface area contributed by atoms with Gasteiger partial charge in [-0.2, -0.15) is 0 Å². The molecule has 0 aromatic rings. The SMILES string of the molecule is CC1(CCCCCOCCCCC2(C)CC2)CC1. The highest BCUT2D eigenvalue weighted by atomic mass is 16.5. The van der Waals surface area contributed by atoms with E-state index in [4.69, 9.17) is 4.74 Å². The second-order valence-electron chi connectivity index (χ2n) is 7.50. The van der Waals surface area contributed by atoms with E-state index in [2.05, 4.69) is 13.8 Å². The third-order valence-corrected chi connectivity index (χ3v) is 5.10. The van der Waals surface area contributed by atoms with E-state index in [1.54, 1.807) is 0 Å². The quantitative estimate of drug-likeness (QED) is 0.451. The standard InChI is InChI=1S/C17H32O/c1-16(10-11-16)8-4-3-6-14-18-15-7-5-9-17(2)12-13-17/h3-15H2,1-2H3. The van der Waals surface area contributed by atoms with Crippen LogP contribution >= 0.6 is 0 Å². The number of hydrogen-bond acceptors (Lipinski definition) is 1. The van der Waals surface area contributed by atoms with Gasteiger partial charge >= 0.3 is 0 Å². The molecular weight excluding hydrogens is 220 g/mol. The third kappa shape index (κ3) is 5.73. The zero-order valence-electron chi connectivity index (χ0n) is 12.6. The highest BCUT2D eigenvalue weighted by Crippen LogP contribution is 2.49. The zero-order valence-corrected chi connectivity index (χ0v) is 12.6. The summed E-state index contributed by atoms with van der Waals surface area (Å²) in [4.78, 5) is 0. The van der Waals surface area contributed by atoms with Gasteiger partial charge in [0.25, 0.3) is 0 Å². The predicted octanol–water partition coefficient (Wildman–Crippen LogP) is 5.33. The van der Waals surface area contributed by atoms with Crippen molar-refractivity contribution >= 4 is 0 Å². The normalized spacial score (nSPS) is 23.0. The van der Waals surface area contributed by atoms with Gasteiger partial charge < -0.3 is 4.74 Å². The fraction of sp³-hybridized carbons (Fsp3) is 1.00. The molecule has 0 aromatic carbocycles. The van der Waals surface area contributed by atoms with Crippen LogP contribution in [0.4, 0.5) is 0 Å². The van der Waals surface area contributed by atoms with Crippen LogP contribution in [-0.4, -0.2) is 13.2 Å². The lowest BCUT2D eigenvalue weighted by atomic mass is 10.0. The van der Waals surface area contributed by atoms with Crippen molar-refractivity contribution in [1.29, 1.82) is 0 Å². The van der Waals surface area contributed by atoms with Crippen molar-refractivity contribution in [2.45, 2.75) is 84.5 Å². The molecule has 0 N–H and O–H groups in total. The van der Waals surface area contributed by atoms with Crippen molar-refractivity contribution < 1.29 is 4.74 Å². The van der Waals surface area contributed by atoms with Gasteiger partial charge in [-0.1, -0.05) is 33.1 Å². The molecule has 2 rings (SSSR count). The number of unbranched alkanes of at least 4 members (excludes halogenated alkanes) is 3. The average Bonchev–Trinajstić information content (AvgIpc) is 3.24. The second kappa shape index (κ2) is 6.41. The van der Waals surface area contributed by atoms with Crippen LogP contribution in [0.2, 0.25) is 0 Å². The van der Waals surface area contributed by atoms with E-state index in [1.165, 1.54) is 70.6 Å². The Hall–Kier alpha value is -0.0400. The molecular formula is C17H32O. The van der Waals surface area contributed by atoms with Gasteiger partial charge in [0.1, 0.15) is 0 Å². The van der Waals surface area contributed by atoms with Gasteiger partial charge in [0.05, 0.1) is 0 Å². The molecule has 18 heavy (non-hydrogen) atoms. The summed E-state index contributed by atoms with van der Waals surface area (Å²) in [5.74, 6) is 0. The predicted molar refractivity (Wildman–Crippen MR) is 77.8 cm³/mol. The van der Waals surface area contributed by atoms with E-state index in [0.29, 0.717) is 0 Å². The molecule has 0 unspecified atom stereocenters. The Morgan fingerprint density at radius 3 is 1.61 bits per heavy atom. The maximum Gasteiger partial charge on any atom is 0.0466 e. The molecule has 0 heterocycles. The Labute approximate surface area is 114 Å². The lowest BCUT2D eigenvalue weighted by molar-refractivity contribution is 0.124. The van der Waals surface area contributed by atoms with Crippen molar-refractivity contribution in [3.63, 3.8) is 0 Å². The second-order valence-corrected chi connectivity index (χ2v) is 7.50. The molecule has 1 nitrogen and oxygen atoms in total. The largest absolute Gasteiger partial charge is 0.381 e. The molecule has 106 valence electrons. The molecule has 0 bridgehead atoms. The number of ether oxygens (including phenoxy) is 1. The van der Waals surface area contributed by atoms with Crippen LogP contribution in [0.5, 0.6) is 0 Å². The van der Waals surface area contributed by atoms with Gasteiger partial charge in [0.2, 0.25) is 0 Å². The number of hydrogen-bond donors (Lipinski definition) is 0. The first-order chi connectivity index (χ1) is 8.62. The molecule has 2 aliphatic rings. The van der Waals surface area contributed by atoms with E-state index < -0.39 is 0 Å². The van der Waals surface area contributed by atoms with Gasteiger partial charge in [-0.15, -0.1) is 0 Å². The van der Waals surface area contributed by atoms with Crippen LogP contribution in [0, 0.1) is 10.8 Å². The van der Waals surface area contributed by atoms with Crippen LogP contribution in [0.3, 0.4) is 0 Å². The summed E-state index contributed by atoms with van der Waals surface area (Å²) in [5.41, 5.74) is 1.48. The Morgan fingerprint density at radius 2 is 1.11 bits per heavy atom. The Kier molecular flexibility index (Phi) is 5.12. The first-order valence-electron chi connectivity index (χ1n) is 8.20. The average molecular weight is 252 g/mol. The maximum atomic E-state index is 5.72. The molecule has 1 heteroatoms. The third-order valence-electron chi connectivity index (χ3n) is 5.10. The minimum Gasteiger partial charge on any atom is -0.381 e. The molecule has 0 aliphatic heterocycles. The first-order valence-corrected chi connectivity index (χ1v) is 8.20. The van der Waals surface area contributed by atoms with Gasteiger partial charge in [0, 0.05) is 13.2 Å². The highest BCUT2D eigenvalue weighted by Gasteiger charge is 2.36. The van der Waals surface area contributed by atoms with E-state index in [0.717, 1.165) is 24.0 Å². The molecule has 2 fully saturated rings. The maximum absolute atomic E-state index is 5.72. The summed E-state index contributed by atoms with van der Waals surface area (Å²) in [7, 11) is 0. The lowest BCUT2D eigenvalue weighted by Crippen LogP contribution is -2.00. The Balaban J connectivity index is 1.27. The summed E-state index contributed by atoms with van der Waals surface area (Å²) < 4.78 is 5.72. The fourth-order valence-corrected chi connectivity index (χ4v) is 2.72. The number of rotatable bonds is 11. The summed E-state index contributed by atoms with van der Waals surface area (Å²) in [6, 6.07) is 0. The molecule has 0 radical (unpaired) electrons. The van der Waals surface area contributed by atoms with Crippen LogP contribution in [0.25, 0.3) is 0 Å². The minimum atomic E-state index is 0.735. The van der Waals surface area contributed by atoms with Crippen molar-refractivity contribution in [2.75, 3.05) is 13.2 Å². The summed E-state index contributed by atoms with van der Waals surface area (Å²) in [6.07, 6.45) is 15.5. The monoisotopic (exact) mass is 252 g/mol. The van der Waals surface area contributed by atoms with Crippen LogP contribution in [-0.2, 0) is 4.74 Å². The van der Waals surface area contributed by atoms with Crippen LogP contribution in [0.15, 0.2) is 0 Å². The molecule has 2 saturated carbocycles. The van der Waals surface area contributed by atoms with Gasteiger partial charge in [-0.05, 0) is 62.2 Å². The molecule has 2 aliphatic carbocycles. The lowest BCUT2D eigenvalue weighted by Gasteiger charge is -2.09. The van der Waals surface area contributed by atoms with Crippen LogP contribution < -0.4 is 0 Å². The molecule has 0 spiro atoms. The summed E-state index contributed by atoms with van der Waals surface area (Å²) in [6.45, 7) is 6.85. The van der Waals surface area contributed by atoms with Crippen molar-refractivity contribution in [3.8, 4) is 0 Å². The Morgan fingerprint density at radius 1 is 0.667 bits per heavy atom. The summed E-state index contributed by atoms with van der Waals surface area (Å²) in [5, 5.41) is 0. The van der Waals surface area contributed by atoms with Gasteiger partial charge in [-0.3, -0.25) is 0 Å². The van der Waals surface area contributed by atoms with Crippen molar-refractivity contribution in [3.05, 3.63) is 0 Å². The van der Waals surface area contributed by atoms with Gasteiger partial charge in [-0.25, -0.2) is 0 Å². The first kappa shape index (κ1) is 14.4. The molecule has 0 saturated heterocycles. The molecule has 0 aromatic heterocycles. The minimum absolute atomic E-state index is 0.735. The van der Waals surface area contributed by atoms with Crippen molar-refractivity contribution in [2.24, 2.45) is 10.8 Å². The van der Waals surface area contributed by atoms with Crippen molar-refractivity contribution in [1.82, 2.24) is 0 Å². The smallest absolute Gasteiger partial charge is 0.0466 e. The van der Waals surface area contributed by atoms with E-state index in [-0.39, 0.29) is 0 Å². The molecule has 0 atom stereocenters. The zero-order chi connectivity index (χ0) is 12.9. The molecule has 0 amide bonds. The van der Waals surface area contributed by atoms with E-state index in [9.17, 15) is 0 Å². The highest BCUT2D eigenvalue weighted by molar-refractivity contribution is 4.88.